The van der Waals surface area contributed by atoms with Gasteiger partial charge in [0.25, 0.3) is 5.56 Å². The summed E-state index contributed by atoms with van der Waals surface area (Å²) in [5.41, 5.74) is 1.13. The fraction of sp³-hybridized carbons (Fsp3) is 0.538. The van der Waals surface area contributed by atoms with Crippen LogP contribution in [0.4, 0.5) is 0 Å². The van der Waals surface area contributed by atoms with E-state index in [2.05, 4.69) is 4.98 Å². The van der Waals surface area contributed by atoms with Gasteiger partial charge in [-0.1, -0.05) is 0 Å². The molecule has 96 valence electrons. The SMILES string of the molecule is Cc1sc2ncn(C[C@H]3CCCO3)c(=O)c2c1C. The molecule has 3 heterocycles. The predicted octanol–water partition coefficient (Wildman–Crippen LogP) is 2.25. The zero-order chi connectivity index (χ0) is 12.7. The second-order valence-corrected chi connectivity index (χ2v) is 6.00. The Hall–Kier alpha value is -1.20. The molecule has 1 aliphatic heterocycles. The molecule has 2 aromatic rings. The van der Waals surface area contributed by atoms with Crippen LogP contribution >= 0.6 is 11.3 Å². The molecule has 0 bridgehead atoms. The number of nitrogens with zero attached hydrogens (tertiary/aromatic N) is 2. The van der Waals surface area contributed by atoms with Crippen LogP contribution in [0.15, 0.2) is 11.1 Å². The lowest BCUT2D eigenvalue weighted by Crippen LogP contribution is -2.26. The fourth-order valence-corrected chi connectivity index (χ4v) is 3.40. The van der Waals surface area contributed by atoms with E-state index in [-0.39, 0.29) is 11.7 Å². The molecule has 0 N–H and O–H groups in total. The predicted molar refractivity (Wildman–Crippen MR) is 72.3 cm³/mol. The van der Waals surface area contributed by atoms with Crippen molar-refractivity contribution in [2.24, 2.45) is 0 Å². The van der Waals surface area contributed by atoms with Crippen molar-refractivity contribution in [2.45, 2.75) is 39.3 Å². The number of ether oxygens (including phenoxy) is 1. The van der Waals surface area contributed by atoms with Gasteiger partial charge in [-0.3, -0.25) is 9.36 Å². The van der Waals surface area contributed by atoms with E-state index in [1.165, 1.54) is 4.88 Å². The first-order chi connectivity index (χ1) is 8.66. The molecule has 1 atom stereocenters. The number of thiophene rings is 1. The van der Waals surface area contributed by atoms with Gasteiger partial charge in [0.2, 0.25) is 0 Å². The molecule has 18 heavy (non-hydrogen) atoms. The second-order valence-electron chi connectivity index (χ2n) is 4.80. The zero-order valence-corrected chi connectivity index (χ0v) is 11.4. The van der Waals surface area contributed by atoms with Crippen molar-refractivity contribution in [3.63, 3.8) is 0 Å². The molecule has 0 radical (unpaired) electrons. The highest BCUT2D eigenvalue weighted by molar-refractivity contribution is 7.18. The van der Waals surface area contributed by atoms with Crippen LogP contribution in [0, 0.1) is 13.8 Å². The minimum atomic E-state index is 0.0670. The van der Waals surface area contributed by atoms with E-state index < -0.39 is 0 Å². The molecular formula is C13H16N2O2S. The lowest BCUT2D eigenvalue weighted by molar-refractivity contribution is 0.0960. The minimum Gasteiger partial charge on any atom is -0.376 e. The van der Waals surface area contributed by atoms with Crippen molar-refractivity contribution >= 4 is 21.6 Å². The molecule has 3 rings (SSSR count). The van der Waals surface area contributed by atoms with E-state index in [1.54, 1.807) is 22.2 Å². The molecule has 1 saturated heterocycles. The van der Waals surface area contributed by atoms with Gasteiger partial charge in [0.15, 0.2) is 0 Å². The average Bonchev–Trinajstić information content (AvgIpc) is 2.93. The third-order valence-electron chi connectivity index (χ3n) is 3.58. The fourth-order valence-electron chi connectivity index (χ4n) is 2.41. The van der Waals surface area contributed by atoms with Crippen LogP contribution in [-0.4, -0.2) is 22.3 Å². The Balaban J connectivity index is 2.05. The van der Waals surface area contributed by atoms with Gasteiger partial charge >= 0.3 is 0 Å². The third kappa shape index (κ3) is 1.87. The molecule has 0 amide bonds. The van der Waals surface area contributed by atoms with Crippen LogP contribution in [0.1, 0.15) is 23.3 Å². The number of fused-ring (bicyclic) bond motifs is 1. The first kappa shape index (κ1) is 11.9. The number of hydrogen-bond acceptors (Lipinski definition) is 4. The molecule has 0 aromatic carbocycles. The summed E-state index contributed by atoms with van der Waals surface area (Å²) in [4.78, 5) is 18.8. The largest absolute Gasteiger partial charge is 0.376 e. The first-order valence-corrected chi connectivity index (χ1v) is 7.05. The van der Waals surface area contributed by atoms with E-state index in [9.17, 15) is 4.79 Å². The summed E-state index contributed by atoms with van der Waals surface area (Å²) in [6, 6.07) is 0. The average molecular weight is 264 g/mol. The summed E-state index contributed by atoms with van der Waals surface area (Å²) in [5, 5.41) is 0.776. The maximum atomic E-state index is 12.4. The van der Waals surface area contributed by atoms with Gasteiger partial charge in [-0.05, 0) is 32.3 Å². The topological polar surface area (TPSA) is 44.1 Å². The quantitative estimate of drug-likeness (QED) is 0.835. The maximum absolute atomic E-state index is 12.4. The normalized spacial score (nSPS) is 19.8. The summed E-state index contributed by atoms with van der Waals surface area (Å²) in [6.07, 6.45) is 3.95. The molecular weight excluding hydrogens is 248 g/mol. The highest BCUT2D eigenvalue weighted by Gasteiger charge is 2.18. The number of rotatable bonds is 2. The number of hydrogen-bond donors (Lipinski definition) is 0. The Morgan fingerprint density at radius 1 is 1.56 bits per heavy atom. The summed E-state index contributed by atoms with van der Waals surface area (Å²) in [6.45, 7) is 5.46. The number of aryl methyl sites for hydroxylation is 2. The van der Waals surface area contributed by atoms with Gasteiger partial charge < -0.3 is 4.74 Å². The molecule has 2 aromatic heterocycles. The van der Waals surface area contributed by atoms with Crippen molar-refractivity contribution in [3.05, 3.63) is 27.1 Å². The van der Waals surface area contributed by atoms with E-state index in [0.29, 0.717) is 6.54 Å². The Labute approximate surface area is 109 Å². The highest BCUT2D eigenvalue weighted by atomic mass is 32.1. The Morgan fingerprint density at radius 2 is 2.39 bits per heavy atom. The summed E-state index contributed by atoms with van der Waals surface area (Å²) in [7, 11) is 0. The van der Waals surface area contributed by atoms with Gasteiger partial charge in [-0.2, -0.15) is 0 Å². The van der Waals surface area contributed by atoms with Crippen LogP contribution in [-0.2, 0) is 11.3 Å². The van der Waals surface area contributed by atoms with Crippen LogP contribution in [0.25, 0.3) is 10.2 Å². The Bertz CT molecular complexity index is 638. The second kappa shape index (κ2) is 4.48. The molecule has 0 unspecified atom stereocenters. The van der Waals surface area contributed by atoms with Crippen LogP contribution in [0.2, 0.25) is 0 Å². The Morgan fingerprint density at radius 3 is 3.11 bits per heavy atom. The van der Waals surface area contributed by atoms with Crippen molar-refractivity contribution in [3.8, 4) is 0 Å². The van der Waals surface area contributed by atoms with Crippen LogP contribution in [0.3, 0.4) is 0 Å². The molecule has 0 spiro atoms. The van der Waals surface area contributed by atoms with Crippen molar-refractivity contribution in [2.75, 3.05) is 6.61 Å². The highest BCUT2D eigenvalue weighted by Crippen LogP contribution is 2.25. The number of aromatic nitrogens is 2. The van der Waals surface area contributed by atoms with Gasteiger partial charge in [0, 0.05) is 11.5 Å². The van der Waals surface area contributed by atoms with E-state index >= 15 is 0 Å². The monoisotopic (exact) mass is 264 g/mol. The van der Waals surface area contributed by atoms with Crippen molar-refractivity contribution in [1.82, 2.24) is 9.55 Å². The lowest BCUT2D eigenvalue weighted by Gasteiger charge is -2.11. The molecule has 1 fully saturated rings. The van der Waals surface area contributed by atoms with Crippen molar-refractivity contribution in [1.29, 1.82) is 0 Å². The summed E-state index contributed by atoms with van der Waals surface area (Å²) >= 11 is 1.59. The van der Waals surface area contributed by atoms with Gasteiger partial charge in [0.1, 0.15) is 4.83 Å². The van der Waals surface area contributed by atoms with E-state index in [1.807, 2.05) is 13.8 Å². The summed E-state index contributed by atoms with van der Waals surface area (Å²) < 4.78 is 7.27. The van der Waals surface area contributed by atoms with E-state index in [4.69, 9.17) is 4.74 Å². The lowest BCUT2D eigenvalue weighted by atomic mass is 10.2. The Kier molecular flexibility index (Phi) is 2.95. The van der Waals surface area contributed by atoms with Crippen molar-refractivity contribution < 1.29 is 4.74 Å². The molecule has 0 aliphatic carbocycles. The smallest absolute Gasteiger partial charge is 0.262 e. The minimum absolute atomic E-state index is 0.0670. The molecule has 0 saturated carbocycles. The van der Waals surface area contributed by atoms with Crippen LogP contribution in [0.5, 0.6) is 0 Å². The molecule has 1 aliphatic rings. The van der Waals surface area contributed by atoms with Gasteiger partial charge in [-0.25, -0.2) is 4.98 Å². The standard InChI is InChI=1S/C13H16N2O2S/c1-8-9(2)18-12-11(8)13(16)15(7-14-12)6-10-4-3-5-17-10/h7,10H,3-6H2,1-2H3/t10-/m1/s1. The van der Waals surface area contributed by atoms with Crippen LogP contribution < -0.4 is 5.56 Å². The third-order valence-corrected chi connectivity index (χ3v) is 4.70. The van der Waals surface area contributed by atoms with Gasteiger partial charge in [-0.15, -0.1) is 11.3 Å². The molecule has 5 heteroatoms. The summed E-state index contributed by atoms with van der Waals surface area (Å²) in [5.74, 6) is 0. The van der Waals surface area contributed by atoms with Gasteiger partial charge in [0.05, 0.1) is 24.4 Å². The molecule has 4 nitrogen and oxygen atoms in total. The zero-order valence-electron chi connectivity index (χ0n) is 10.6. The maximum Gasteiger partial charge on any atom is 0.262 e. The first-order valence-electron chi connectivity index (χ1n) is 6.23. The van der Waals surface area contributed by atoms with E-state index in [0.717, 1.165) is 35.2 Å².